The van der Waals surface area contributed by atoms with Gasteiger partial charge in [0.1, 0.15) is 0 Å². The van der Waals surface area contributed by atoms with E-state index in [-0.39, 0.29) is 19.3 Å². The zero-order chi connectivity index (χ0) is 11.6. The number of esters is 1. The third kappa shape index (κ3) is 3.09. The maximum atomic E-state index is 12.4. The van der Waals surface area contributed by atoms with Crippen LogP contribution in [-0.4, -0.2) is 30.5 Å². The predicted molar refractivity (Wildman–Crippen MR) is 44.9 cm³/mol. The Kier molecular flexibility index (Phi) is 3.59. The average Bonchev–Trinajstić information content (AvgIpc) is 2.14. The summed E-state index contributed by atoms with van der Waals surface area (Å²) in [5.74, 6) is -3.13. The van der Waals surface area contributed by atoms with E-state index in [9.17, 15) is 23.1 Å². The van der Waals surface area contributed by atoms with Gasteiger partial charge in [0.25, 0.3) is 0 Å². The minimum absolute atomic E-state index is 0.0548. The zero-order valence-electron chi connectivity index (χ0n) is 8.25. The first kappa shape index (κ1) is 12.3. The minimum atomic E-state index is -4.35. The van der Waals surface area contributed by atoms with Crippen LogP contribution in [0.1, 0.15) is 19.3 Å². The van der Waals surface area contributed by atoms with E-state index in [1.165, 1.54) is 0 Å². The maximum absolute atomic E-state index is 12.4. The fourth-order valence-electron chi connectivity index (χ4n) is 1.92. The smallest absolute Gasteiger partial charge is 0.391 e. The van der Waals surface area contributed by atoms with Gasteiger partial charge in [-0.25, -0.2) is 0 Å². The number of halogens is 3. The van der Waals surface area contributed by atoms with E-state index in [1.54, 1.807) is 0 Å². The van der Waals surface area contributed by atoms with Crippen LogP contribution in [0.5, 0.6) is 0 Å². The highest BCUT2D eigenvalue weighted by Crippen LogP contribution is 2.40. The summed E-state index contributed by atoms with van der Waals surface area (Å²) in [6.07, 6.45) is -5.98. The quantitative estimate of drug-likeness (QED) is 0.689. The molecule has 88 valence electrons. The molecule has 0 bridgehead atoms. The molecule has 0 aromatic rings. The number of carbonyl (C=O) groups excluding carboxylic acids is 1. The highest BCUT2D eigenvalue weighted by molar-refractivity contribution is 5.72. The number of hydrogen-bond acceptors (Lipinski definition) is 3. The molecule has 0 spiro atoms. The second-order valence-corrected chi connectivity index (χ2v) is 3.82. The molecule has 0 saturated heterocycles. The third-order valence-corrected chi connectivity index (χ3v) is 2.68. The van der Waals surface area contributed by atoms with Crippen LogP contribution in [0.15, 0.2) is 0 Å². The van der Waals surface area contributed by atoms with E-state index in [2.05, 4.69) is 4.74 Å². The van der Waals surface area contributed by atoms with Crippen molar-refractivity contribution in [2.75, 3.05) is 7.11 Å². The normalized spacial score (nSPS) is 32.5. The number of rotatable bonds is 1. The lowest BCUT2D eigenvalue weighted by Crippen LogP contribution is -2.38. The lowest BCUT2D eigenvalue weighted by atomic mass is 9.79. The number of hydrogen-bond donors (Lipinski definition) is 1. The Morgan fingerprint density at radius 2 is 1.93 bits per heavy atom. The molecule has 3 nitrogen and oxygen atoms in total. The van der Waals surface area contributed by atoms with Crippen molar-refractivity contribution in [1.82, 2.24) is 0 Å². The van der Waals surface area contributed by atoms with E-state index >= 15 is 0 Å². The second kappa shape index (κ2) is 4.38. The van der Waals surface area contributed by atoms with E-state index in [1.807, 2.05) is 0 Å². The SMILES string of the molecule is COC(=O)[C@H]1C[C@H](O)C[C@@H](C(F)(F)F)C1. The zero-order valence-corrected chi connectivity index (χ0v) is 8.25. The van der Waals surface area contributed by atoms with Crippen molar-refractivity contribution in [3.05, 3.63) is 0 Å². The van der Waals surface area contributed by atoms with Crippen LogP contribution < -0.4 is 0 Å². The number of aliphatic hydroxyl groups is 1. The van der Waals surface area contributed by atoms with Gasteiger partial charge in [0.05, 0.1) is 25.0 Å². The molecule has 1 aliphatic carbocycles. The van der Waals surface area contributed by atoms with E-state index in [4.69, 9.17) is 0 Å². The molecule has 1 aliphatic rings. The van der Waals surface area contributed by atoms with Gasteiger partial charge < -0.3 is 9.84 Å². The van der Waals surface area contributed by atoms with Crippen molar-refractivity contribution in [2.45, 2.75) is 31.5 Å². The van der Waals surface area contributed by atoms with Gasteiger partial charge in [-0.15, -0.1) is 0 Å². The van der Waals surface area contributed by atoms with E-state index in [0.717, 1.165) is 7.11 Å². The molecule has 0 aromatic carbocycles. The molecule has 1 rings (SSSR count). The summed E-state index contributed by atoms with van der Waals surface area (Å²) in [6.45, 7) is 0. The Balaban J connectivity index is 2.68. The summed E-state index contributed by atoms with van der Waals surface area (Å²) in [6, 6.07) is 0. The van der Waals surface area contributed by atoms with Gasteiger partial charge in [-0.05, 0) is 19.3 Å². The highest BCUT2D eigenvalue weighted by atomic mass is 19.4. The topological polar surface area (TPSA) is 46.5 Å². The first-order valence-electron chi connectivity index (χ1n) is 4.67. The minimum Gasteiger partial charge on any atom is -0.469 e. The standard InChI is InChI=1S/C9H13F3O3/c1-15-8(14)5-2-6(9(10,11)12)4-7(13)3-5/h5-7,13H,2-4H2,1H3/t5-,6+,7+/m1/s1. The summed E-state index contributed by atoms with van der Waals surface area (Å²) in [7, 11) is 1.13. The van der Waals surface area contributed by atoms with E-state index in [0.29, 0.717) is 0 Å². The summed E-state index contributed by atoms with van der Waals surface area (Å²) >= 11 is 0. The molecule has 0 unspecified atom stereocenters. The molecule has 1 fully saturated rings. The molecule has 6 heteroatoms. The number of methoxy groups -OCH3 is 1. The number of carbonyl (C=O) groups is 1. The molecule has 1 N–H and O–H groups in total. The van der Waals surface area contributed by atoms with Crippen molar-refractivity contribution < 1.29 is 27.8 Å². The maximum Gasteiger partial charge on any atom is 0.391 e. The van der Waals surface area contributed by atoms with Gasteiger partial charge in [-0.3, -0.25) is 4.79 Å². The molecule has 0 amide bonds. The molecule has 1 saturated carbocycles. The number of ether oxygens (including phenoxy) is 1. The molecule has 0 aliphatic heterocycles. The number of aliphatic hydroxyl groups excluding tert-OH is 1. The molecule has 0 radical (unpaired) electrons. The number of alkyl halides is 3. The second-order valence-electron chi connectivity index (χ2n) is 3.82. The van der Waals surface area contributed by atoms with Crippen molar-refractivity contribution in [3.63, 3.8) is 0 Å². The fourth-order valence-corrected chi connectivity index (χ4v) is 1.92. The van der Waals surface area contributed by atoms with Crippen molar-refractivity contribution in [3.8, 4) is 0 Å². The largest absolute Gasteiger partial charge is 0.469 e. The predicted octanol–water partition coefficient (Wildman–Crippen LogP) is 1.50. The monoisotopic (exact) mass is 226 g/mol. The van der Waals surface area contributed by atoms with Gasteiger partial charge in [-0.1, -0.05) is 0 Å². The van der Waals surface area contributed by atoms with Crippen molar-refractivity contribution in [2.24, 2.45) is 11.8 Å². The first-order chi connectivity index (χ1) is 6.84. The van der Waals surface area contributed by atoms with Crippen LogP contribution >= 0.6 is 0 Å². The van der Waals surface area contributed by atoms with Gasteiger partial charge in [-0.2, -0.15) is 13.2 Å². The molecule has 15 heavy (non-hydrogen) atoms. The van der Waals surface area contributed by atoms with Gasteiger partial charge in [0, 0.05) is 0 Å². The summed E-state index contributed by atoms with van der Waals surface area (Å²) in [5, 5.41) is 9.25. The van der Waals surface area contributed by atoms with Crippen LogP contribution in [0, 0.1) is 11.8 Å². The highest BCUT2D eigenvalue weighted by Gasteiger charge is 2.46. The van der Waals surface area contributed by atoms with Crippen LogP contribution in [0.25, 0.3) is 0 Å². The average molecular weight is 226 g/mol. The third-order valence-electron chi connectivity index (χ3n) is 2.68. The Hall–Kier alpha value is -0.780. The molecule has 0 heterocycles. The molecular weight excluding hydrogens is 213 g/mol. The van der Waals surface area contributed by atoms with Crippen LogP contribution in [0.3, 0.4) is 0 Å². The van der Waals surface area contributed by atoms with Gasteiger partial charge in [0.15, 0.2) is 0 Å². The first-order valence-corrected chi connectivity index (χ1v) is 4.67. The Labute approximate surface area is 85.2 Å². The Bertz CT molecular complexity index is 239. The van der Waals surface area contributed by atoms with Crippen molar-refractivity contribution in [1.29, 1.82) is 0 Å². The summed E-state index contributed by atoms with van der Waals surface area (Å²) < 4.78 is 41.6. The van der Waals surface area contributed by atoms with Crippen LogP contribution in [-0.2, 0) is 9.53 Å². The molecular formula is C9H13F3O3. The lowest BCUT2D eigenvalue weighted by molar-refractivity contribution is -0.197. The Morgan fingerprint density at radius 1 is 1.33 bits per heavy atom. The lowest BCUT2D eigenvalue weighted by Gasteiger charge is -2.32. The van der Waals surface area contributed by atoms with Crippen LogP contribution in [0.2, 0.25) is 0 Å². The van der Waals surface area contributed by atoms with Gasteiger partial charge >= 0.3 is 12.1 Å². The van der Waals surface area contributed by atoms with Crippen LogP contribution in [0.4, 0.5) is 13.2 Å². The van der Waals surface area contributed by atoms with Gasteiger partial charge in [0.2, 0.25) is 0 Å². The Morgan fingerprint density at radius 3 is 2.40 bits per heavy atom. The summed E-state index contributed by atoms with van der Waals surface area (Å²) in [4.78, 5) is 11.1. The van der Waals surface area contributed by atoms with E-state index < -0.39 is 30.1 Å². The molecule has 3 atom stereocenters. The summed E-state index contributed by atoms with van der Waals surface area (Å²) in [5.41, 5.74) is 0. The van der Waals surface area contributed by atoms with Crippen molar-refractivity contribution >= 4 is 5.97 Å². The fraction of sp³-hybridized carbons (Fsp3) is 0.889. The molecule has 0 aromatic heterocycles.